The molecule has 0 bridgehead atoms. The standard InChI is InChI=1S/C16H14ClIN2OS/c1-2-10-9-13(18)7-8-14(10)19-16(22)20-15(21)11-3-5-12(17)6-4-11/h3-9H,2H2,1H3,(H2,19,20,21,22). The van der Waals surface area contributed by atoms with Gasteiger partial charge in [-0.1, -0.05) is 18.5 Å². The number of carbonyl (C=O) groups excluding carboxylic acids is 1. The molecular weight excluding hydrogens is 431 g/mol. The monoisotopic (exact) mass is 444 g/mol. The number of halogens is 2. The van der Waals surface area contributed by atoms with Crippen LogP contribution in [0.1, 0.15) is 22.8 Å². The Labute approximate surface area is 153 Å². The zero-order valence-corrected chi connectivity index (χ0v) is 15.6. The summed E-state index contributed by atoms with van der Waals surface area (Å²) in [6, 6.07) is 12.7. The van der Waals surface area contributed by atoms with Crippen LogP contribution in [0.3, 0.4) is 0 Å². The number of benzene rings is 2. The van der Waals surface area contributed by atoms with Crippen molar-refractivity contribution in [1.29, 1.82) is 0 Å². The molecule has 0 atom stereocenters. The molecule has 6 heteroatoms. The summed E-state index contributed by atoms with van der Waals surface area (Å²) in [6.45, 7) is 2.08. The lowest BCUT2D eigenvalue weighted by Gasteiger charge is -2.13. The summed E-state index contributed by atoms with van der Waals surface area (Å²) in [5.41, 5.74) is 2.56. The first-order chi connectivity index (χ1) is 10.5. The van der Waals surface area contributed by atoms with Gasteiger partial charge in [0, 0.05) is 19.8 Å². The fraction of sp³-hybridized carbons (Fsp3) is 0.125. The topological polar surface area (TPSA) is 41.1 Å². The van der Waals surface area contributed by atoms with Gasteiger partial charge in [0.25, 0.3) is 5.91 Å². The second kappa shape index (κ2) is 7.89. The van der Waals surface area contributed by atoms with Crippen LogP contribution in [0.25, 0.3) is 0 Å². The van der Waals surface area contributed by atoms with Gasteiger partial charge >= 0.3 is 0 Å². The summed E-state index contributed by atoms with van der Waals surface area (Å²) in [5, 5.41) is 6.60. The van der Waals surface area contributed by atoms with E-state index in [9.17, 15) is 4.79 Å². The average molecular weight is 445 g/mol. The number of amides is 1. The van der Waals surface area contributed by atoms with Crippen LogP contribution < -0.4 is 10.6 Å². The van der Waals surface area contributed by atoms with Gasteiger partial charge in [0.2, 0.25) is 0 Å². The minimum absolute atomic E-state index is 0.266. The molecule has 0 aromatic heterocycles. The molecule has 0 saturated carbocycles. The van der Waals surface area contributed by atoms with Gasteiger partial charge in [0.1, 0.15) is 0 Å². The molecule has 0 saturated heterocycles. The molecular formula is C16H14ClIN2OS. The third kappa shape index (κ3) is 4.66. The van der Waals surface area contributed by atoms with E-state index in [1.165, 1.54) is 0 Å². The van der Waals surface area contributed by atoms with Crippen molar-refractivity contribution in [3.05, 3.63) is 62.2 Å². The Bertz CT molecular complexity index is 704. The third-order valence-corrected chi connectivity index (χ3v) is 4.16. The van der Waals surface area contributed by atoms with Gasteiger partial charge < -0.3 is 5.32 Å². The highest BCUT2D eigenvalue weighted by atomic mass is 127. The van der Waals surface area contributed by atoms with E-state index in [0.717, 1.165) is 21.2 Å². The molecule has 0 aliphatic heterocycles. The SMILES string of the molecule is CCc1cc(I)ccc1NC(=S)NC(=O)c1ccc(Cl)cc1. The second-order valence-corrected chi connectivity index (χ2v) is 6.66. The first-order valence-corrected chi connectivity index (χ1v) is 8.52. The molecule has 0 aliphatic rings. The average Bonchev–Trinajstić information content (AvgIpc) is 2.49. The van der Waals surface area contributed by atoms with Gasteiger partial charge in [-0.3, -0.25) is 10.1 Å². The summed E-state index contributed by atoms with van der Waals surface area (Å²) in [7, 11) is 0. The number of thiocarbonyl (C=S) groups is 1. The molecule has 0 unspecified atom stereocenters. The minimum Gasteiger partial charge on any atom is -0.332 e. The minimum atomic E-state index is -0.266. The Morgan fingerprint density at radius 1 is 1.23 bits per heavy atom. The van der Waals surface area contributed by atoms with Gasteiger partial charge in [0.15, 0.2) is 5.11 Å². The fourth-order valence-corrected chi connectivity index (χ4v) is 2.79. The Kier molecular flexibility index (Phi) is 6.16. The summed E-state index contributed by atoms with van der Waals surface area (Å²) >= 11 is 13.3. The first kappa shape index (κ1) is 17.2. The molecule has 0 spiro atoms. The molecule has 114 valence electrons. The molecule has 0 fully saturated rings. The van der Waals surface area contributed by atoms with E-state index >= 15 is 0 Å². The van der Waals surface area contributed by atoms with Crippen LogP contribution in [0.2, 0.25) is 5.02 Å². The van der Waals surface area contributed by atoms with Crippen LogP contribution in [0.4, 0.5) is 5.69 Å². The Hall–Kier alpha value is -1.18. The summed E-state index contributed by atoms with van der Waals surface area (Å²) in [4.78, 5) is 12.1. The second-order valence-electron chi connectivity index (χ2n) is 4.57. The number of rotatable bonds is 3. The Balaban J connectivity index is 2.04. The Morgan fingerprint density at radius 2 is 1.91 bits per heavy atom. The van der Waals surface area contributed by atoms with Crippen LogP contribution in [0, 0.1) is 3.57 Å². The molecule has 1 amide bonds. The summed E-state index contributed by atoms with van der Waals surface area (Å²) < 4.78 is 1.16. The maximum atomic E-state index is 12.1. The van der Waals surface area contributed by atoms with Gasteiger partial charge in [-0.2, -0.15) is 0 Å². The normalized spacial score (nSPS) is 10.1. The van der Waals surface area contributed by atoms with Crippen molar-refractivity contribution >= 4 is 63.1 Å². The van der Waals surface area contributed by atoms with E-state index in [1.54, 1.807) is 24.3 Å². The molecule has 22 heavy (non-hydrogen) atoms. The van der Waals surface area contributed by atoms with Crippen molar-refractivity contribution in [2.75, 3.05) is 5.32 Å². The van der Waals surface area contributed by atoms with Gasteiger partial charge in [-0.05, 0) is 89.3 Å². The van der Waals surface area contributed by atoms with Gasteiger partial charge in [0.05, 0.1) is 0 Å². The van der Waals surface area contributed by atoms with Crippen molar-refractivity contribution in [3.8, 4) is 0 Å². The number of carbonyl (C=O) groups is 1. The largest absolute Gasteiger partial charge is 0.332 e. The van der Waals surface area contributed by atoms with Crippen molar-refractivity contribution in [2.24, 2.45) is 0 Å². The molecule has 2 aromatic rings. The zero-order valence-electron chi connectivity index (χ0n) is 11.8. The zero-order chi connectivity index (χ0) is 16.1. The summed E-state index contributed by atoms with van der Waals surface area (Å²) in [6.07, 6.45) is 0.882. The van der Waals surface area contributed by atoms with Crippen LogP contribution in [0.15, 0.2) is 42.5 Å². The van der Waals surface area contributed by atoms with E-state index in [-0.39, 0.29) is 11.0 Å². The van der Waals surface area contributed by atoms with Crippen LogP contribution in [0.5, 0.6) is 0 Å². The number of nitrogens with one attached hydrogen (secondary N) is 2. The summed E-state index contributed by atoms with van der Waals surface area (Å²) in [5.74, 6) is -0.266. The van der Waals surface area contributed by atoms with Crippen molar-refractivity contribution in [3.63, 3.8) is 0 Å². The number of hydrogen-bond donors (Lipinski definition) is 2. The molecule has 2 N–H and O–H groups in total. The predicted octanol–water partition coefficient (Wildman–Crippen LogP) is 4.63. The van der Waals surface area contributed by atoms with Gasteiger partial charge in [-0.15, -0.1) is 0 Å². The molecule has 2 rings (SSSR count). The van der Waals surface area contributed by atoms with Crippen molar-refractivity contribution in [2.45, 2.75) is 13.3 Å². The molecule has 0 heterocycles. The highest BCUT2D eigenvalue weighted by molar-refractivity contribution is 14.1. The van der Waals surface area contributed by atoms with E-state index in [0.29, 0.717) is 10.6 Å². The Morgan fingerprint density at radius 3 is 2.55 bits per heavy atom. The lowest BCUT2D eigenvalue weighted by atomic mass is 10.1. The first-order valence-electron chi connectivity index (χ1n) is 6.66. The molecule has 2 aromatic carbocycles. The highest BCUT2D eigenvalue weighted by Crippen LogP contribution is 2.19. The van der Waals surface area contributed by atoms with E-state index < -0.39 is 0 Å². The number of anilines is 1. The van der Waals surface area contributed by atoms with Crippen molar-refractivity contribution < 1.29 is 4.79 Å². The molecule has 3 nitrogen and oxygen atoms in total. The smallest absolute Gasteiger partial charge is 0.257 e. The third-order valence-electron chi connectivity index (χ3n) is 3.03. The van der Waals surface area contributed by atoms with Crippen LogP contribution in [-0.4, -0.2) is 11.0 Å². The van der Waals surface area contributed by atoms with E-state index in [1.807, 2.05) is 12.1 Å². The van der Waals surface area contributed by atoms with Crippen molar-refractivity contribution in [1.82, 2.24) is 5.32 Å². The predicted molar refractivity (Wildman–Crippen MR) is 104 cm³/mol. The fourth-order valence-electron chi connectivity index (χ4n) is 1.91. The van der Waals surface area contributed by atoms with Gasteiger partial charge in [-0.25, -0.2) is 0 Å². The van der Waals surface area contributed by atoms with E-state index in [4.69, 9.17) is 23.8 Å². The van der Waals surface area contributed by atoms with Crippen LogP contribution >= 0.6 is 46.4 Å². The number of hydrogen-bond acceptors (Lipinski definition) is 2. The van der Waals surface area contributed by atoms with E-state index in [2.05, 4.69) is 46.2 Å². The maximum absolute atomic E-state index is 12.1. The number of aryl methyl sites for hydroxylation is 1. The molecule has 0 radical (unpaired) electrons. The lowest BCUT2D eigenvalue weighted by molar-refractivity contribution is 0.0978. The molecule has 0 aliphatic carbocycles. The van der Waals surface area contributed by atoms with Crippen LogP contribution in [-0.2, 0) is 6.42 Å². The quantitative estimate of drug-likeness (QED) is 0.535. The maximum Gasteiger partial charge on any atom is 0.257 e. The lowest BCUT2D eigenvalue weighted by Crippen LogP contribution is -2.34. The highest BCUT2D eigenvalue weighted by Gasteiger charge is 2.09.